The van der Waals surface area contributed by atoms with Crippen LogP contribution in [-0.2, 0) is 5.41 Å². The Kier molecular flexibility index (Phi) is 3.79. The Labute approximate surface area is 119 Å². The molecule has 3 N–H and O–H groups in total. The first kappa shape index (κ1) is 14.1. The SMILES string of the molecule is CC(C)(C)c1cccc(NC(=O)c2ccccc2N)c1. The maximum atomic E-state index is 12.2. The predicted molar refractivity (Wildman–Crippen MR) is 83.9 cm³/mol. The second-order valence-electron chi connectivity index (χ2n) is 5.87. The number of hydrogen-bond donors (Lipinski definition) is 2. The predicted octanol–water partition coefficient (Wildman–Crippen LogP) is 3.82. The Morgan fingerprint density at radius 2 is 1.75 bits per heavy atom. The van der Waals surface area contributed by atoms with Crippen LogP contribution in [0.3, 0.4) is 0 Å². The average Bonchev–Trinajstić information content (AvgIpc) is 2.38. The first-order valence-electron chi connectivity index (χ1n) is 6.64. The molecule has 0 heterocycles. The van der Waals surface area contributed by atoms with E-state index in [9.17, 15) is 4.79 Å². The molecule has 0 bridgehead atoms. The van der Waals surface area contributed by atoms with Crippen molar-refractivity contribution in [1.29, 1.82) is 0 Å². The molecule has 0 aliphatic rings. The molecule has 0 spiro atoms. The summed E-state index contributed by atoms with van der Waals surface area (Å²) in [7, 11) is 0. The van der Waals surface area contributed by atoms with Gasteiger partial charge in [0.1, 0.15) is 0 Å². The number of hydrogen-bond acceptors (Lipinski definition) is 2. The van der Waals surface area contributed by atoms with Crippen LogP contribution in [0, 0.1) is 0 Å². The molecule has 2 aromatic rings. The first-order valence-corrected chi connectivity index (χ1v) is 6.64. The summed E-state index contributed by atoms with van der Waals surface area (Å²) in [6.07, 6.45) is 0. The van der Waals surface area contributed by atoms with Crippen LogP contribution in [0.5, 0.6) is 0 Å². The van der Waals surface area contributed by atoms with Crippen LogP contribution in [0.1, 0.15) is 36.7 Å². The summed E-state index contributed by atoms with van der Waals surface area (Å²) in [5, 5.41) is 2.89. The molecule has 0 saturated carbocycles. The van der Waals surface area contributed by atoms with Crippen molar-refractivity contribution in [3.05, 3.63) is 59.7 Å². The van der Waals surface area contributed by atoms with E-state index in [1.54, 1.807) is 18.2 Å². The fraction of sp³-hybridized carbons (Fsp3) is 0.235. The van der Waals surface area contributed by atoms with Crippen molar-refractivity contribution < 1.29 is 4.79 Å². The standard InChI is InChI=1S/C17H20N2O/c1-17(2,3)12-7-6-8-13(11-12)19-16(20)14-9-4-5-10-15(14)18/h4-11H,18H2,1-3H3,(H,19,20). The quantitative estimate of drug-likeness (QED) is 0.813. The van der Waals surface area contributed by atoms with E-state index in [1.165, 1.54) is 5.56 Å². The lowest BCUT2D eigenvalue weighted by molar-refractivity contribution is 0.102. The zero-order valence-electron chi connectivity index (χ0n) is 12.1. The van der Waals surface area contributed by atoms with Crippen molar-refractivity contribution in [2.45, 2.75) is 26.2 Å². The van der Waals surface area contributed by atoms with Crippen LogP contribution in [0.25, 0.3) is 0 Å². The van der Waals surface area contributed by atoms with Gasteiger partial charge >= 0.3 is 0 Å². The zero-order valence-corrected chi connectivity index (χ0v) is 12.1. The number of nitrogens with one attached hydrogen (secondary N) is 1. The molecule has 20 heavy (non-hydrogen) atoms. The molecule has 0 aliphatic heterocycles. The topological polar surface area (TPSA) is 55.1 Å². The van der Waals surface area contributed by atoms with Crippen LogP contribution < -0.4 is 11.1 Å². The summed E-state index contributed by atoms with van der Waals surface area (Å²) < 4.78 is 0. The van der Waals surface area contributed by atoms with Gasteiger partial charge in [0.05, 0.1) is 5.56 Å². The molecular weight excluding hydrogens is 248 g/mol. The third-order valence-corrected chi connectivity index (χ3v) is 3.19. The number of rotatable bonds is 2. The summed E-state index contributed by atoms with van der Waals surface area (Å²) in [4.78, 5) is 12.2. The summed E-state index contributed by atoms with van der Waals surface area (Å²) in [6, 6.07) is 14.9. The van der Waals surface area contributed by atoms with Gasteiger partial charge in [-0.2, -0.15) is 0 Å². The second kappa shape index (κ2) is 5.37. The van der Waals surface area contributed by atoms with Gasteiger partial charge in [0.25, 0.3) is 5.91 Å². The number of amides is 1. The molecule has 104 valence electrons. The maximum absolute atomic E-state index is 12.2. The lowest BCUT2D eigenvalue weighted by Crippen LogP contribution is -2.15. The fourth-order valence-electron chi connectivity index (χ4n) is 1.97. The van der Waals surface area contributed by atoms with E-state index < -0.39 is 0 Å². The third kappa shape index (κ3) is 3.18. The van der Waals surface area contributed by atoms with Gasteiger partial charge in [0.2, 0.25) is 0 Å². The van der Waals surface area contributed by atoms with Gasteiger partial charge in [-0.25, -0.2) is 0 Å². The second-order valence-corrected chi connectivity index (χ2v) is 5.87. The highest BCUT2D eigenvalue weighted by Crippen LogP contribution is 2.25. The molecule has 0 fully saturated rings. The van der Waals surface area contributed by atoms with E-state index in [0.717, 1.165) is 5.69 Å². The molecular formula is C17H20N2O. The molecule has 2 rings (SSSR count). The molecule has 0 unspecified atom stereocenters. The lowest BCUT2D eigenvalue weighted by Gasteiger charge is -2.20. The number of nitrogen functional groups attached to an aromatic ring is 1. The molecule has 0 aromatic heterocycles. The number of para-hydroxylation sites is 1. The van der Waals surface area contributed by atoms with E-state index in [1.807, 2.05) is 24.3 Å². The van der Waals surface area contributed by atoms with E-state index >= 15 is 0 Å². The minimum atomic E-state index is -0.186. The van der Waals surface area contributed by atoms with Crippen molar-refractivity contribution in [3.8, 4) is 0 Å². The van der Waals surface area contributed by atoms with Gasteiger partial charge in [-0.1, -0.05) is 45.0 Å². The Hall–Kier alpha value is -2.29. The monoisotopic (exact) mass is 268 g/mol. The summed E-state index contributed by atoms with van der Waals surface area (Å²) in [6.45, 7) is 6.43. The van der Waals surface area contributed by atoms with Gasteiger partial charge in [-0.05, 0) is 35.2 Å². The smallest absolute Gasteiger partial charge is 0.257 e. The average molecular weight is 268 g/mol. The van der Waals surface area contributed by atoms with Crippen LogP contribution >= 0.6 is 0 Å². The van der Waals surface area contributed by atoms with Crippen molar-refractivity contribution >= 4 is 17.3 Å². The van der Waals surface area contributed by atoms with E-state index in [-0.39, 0.29) is 11.3 Å². The fourth-order valence-corrected chi connectivity index (χ4v) is 1.97. The van der Waals surface area contributed by atoms with E-state index in [2.05, 4.69) is 32.2 Å². The zero-order chi connectivity index (χ0) is 14.8. The number of nitrogens with two attached hydrogens (primary N) is 1. The minimum absolute atomic E-state index is 0.0481. The Morgan fingerprint density at radius 3 is 2.40 bits per heavy atom. The van der Waals surface area contributed by atoms with Gasteiger partial charge in [-0.15, -0.1) is 0 Å². The largest absolute Gasteiger partial charge is 0.398 e. The van der Waals surface area contributed by atoms with Gasteiger partial charge < -0.3 is 11.1 Å². The minimum Gasteiger partial charge on any atom is -0.398 e. The molecule has 3 nitrogen and oxygen atoms in total. The van der Waals surface area contributed by atoms with E-state index in [4.69, 9.17) is 5.73 Å². The lowest BCUT2D eigenvalue weighted by atomic mass is 9.87. The van der Waals surface area contributed by atoms with Crippen molar-refractivity contribution in [1.82, 2.24) is 0 Å². The van der Waals surface area contributed by atoms with Crippen LogP contribution in [-0.4, -0.2) is 5.91 Å². The Balaban J connectivity index is 2.23. The first-order chi connectivity index (χ1) is 9.38. The molecule has 1 amide bonds. The van der Waals surface area contributed by atoms with E-state index in [0.29, 0.717) is 11.3 Å². The van der Waals surface area contributed by atoms with Crippen LogP contribution in [0.4, 0.5) is 11.4 Å². The number of carbonyl (C=O) groups excluding carboxylic acids is 1. The molecule has 3 heteroatoms. The number of carbonyl (C=O) groups is 1. The molecule has 2 aromatic carbocycles. The highest BCUT2D eigenvalue weighted by Gasteiger charge is 2.15. The highest BCUT2D eigenvalue weighted by atomic mass is 16.1. The Bertz CT molecular complexity index is 627. The molecule has 0 atom stereocenters. The van der Waals surface area contributed by atoms with Gasteiger partial charge in [0.15, 0.2) is 0 Å². The van der Waals surface area contributed by atoms with Gasteiger partial charge in [-0.3, -0.25) is 4.79 Å². The normalized spacial score (nSPS) is 11.2. The third-order valence-electron chi connectivity index (χ3n) is 3.19. The van der Waals surface area contributed by atoms with Gasteiger partial charge in [0, 0.05) is 11.4 Å². The number of anilines is 2. The van der Waals surface area contributed by atoms with Crippen LogP contribution in [0.15, 0.2) is 48.5 Å². The summed E-state index contributed by atoms with van der Waals surface area (Å²) in [5.74, 6) is -0.186. The van der Waals surface area contributed by atoms with Crippen molar-refractivity contribution in [2.24, 2.45) is 0 Å². The molecule has 0 saturated heterocycles. The maximum Gasteiger partial charge on any atom is 0.257 e. The van der Waals surface area contributed by atoms with Crippen LogP contribution in [0.2, 0.25) is 0 Å². The Morgan fingerprint density at radius 1 is 1.05 bits per heavy atom. The number of benzene rings is 2. The molecule has 0 aliphatic carbocycles. The highest BCUT2D eigenvalue weighted by molar-refractivity contribution is 6.07. The summed E-state index contributed by atoms with van der Waals surface area (Å²) >= 11 is 0. The summed E-state index contributed by atoms with van der Waals surface area (Å²) in [5.41, 5.74) is 8.80. The van der Waals surface area contributed by atoms with Crippen molar-refractivity contribution in [3.63, 3.8) is 0 Å². The molecule has 0 radical (unpaired) electrons. The van der Waals surface area contributed by atoms with Crippen molar-refractivity contribution in [2.75, 3.05) is 11.1 Å².